The summed E-state index contributed by atoms with van der Waals surface area (Å²) in [6.07, 6.45) is 3.60. The van der Waals surface area contributed by atoms with Crippen LogP contribution in [0.1, 0.15) is 31.2 Å². The topological polar surface area (TPSA) is 105 Å². The number of amides is 2. The molecule has 0 saturated heterocycles. The van der Waals surface area contributed by atoms with Crippen LogP contribution in [0.25, 0.3) is 0 Å². The Kier molecular flexibility index (Phi) is 6.41. The predicted molar refractivity (Wildman–Crippen MR) is 122 cm³/mol. The second-order valence-corrected chi connectivity index (χ2v) is 10.1. The van der Waals surface area contributed by atoms with Crippen molar-refractivity contribution in [2.75, 3.05) is 23.4 Å². The minimum absolute atomic E-state index is 0.0255. The molecule has 1 fully saturated rings. The summed E-state index contributed by atoms with van der Waals surface area (Å²) in [6.45, 7) is 1.26. The lowest BCUT2D eigenvalue weighted by Crippen LogP contribution is -2.43. The first-order valence-electron chi connectivity index (χ1n) is 10.4. The van der Waals surface area contributed by atoms with Gasteiger partial charge in [0.2, 0.25) is 15.9 Å². The van der Waals surface area contributed by atoms with E-state index >= 15 is 0 Å². The number of nitrogens with zero attached hydrogens (tertiary/aromatic N) is 1. The Morgan fingerprint density at radius 3 is 2.72 bits per heavy atom. The lowest BCUT2D eigenvalue weighted by atomic mass is 10.2. The van der Waals surface area contributed by atoms with Gasteiger partial charge >= 0.3 is 0 Å². The molecule has 0 atom stereocenters. The van der Waals surface area contributed by atoms with Crippen LogP contribution >= 0.6 is 11.6 Å². The molecule has 2 aromatic rings. The Labute approximate surface area is 191 Å². The molecule has 8 nitrogen and oxygen atoms in total. The zero-order valence-electron chi connectivity index (χ0n) is 17.6. The summed E-state index contributed by atoms with van der Waals surface area (Å²) in [6, 6.07) is 9.40. The van der Waals surface area contributed by atoms with E-state index in [0.29, 0.717) is 22.0 Å². The minimum Gasteiger partial charge on any atom is -0.482 e. The summed E-state index contributed by atoms with van der Waals surface area (Å²) < 4.78 is 33.9. The first-order chi connectivity index (χ1) is 15.2. The van der Waals surface area contributed by atoms with Crippen LogP contribution in [-0.2, 0) is 19.6 Å². The Morgan fingerprint density at radius 1 is 1.22 bits per heavy atom. The molecule has 2 aromatic carbocycles. The fourth-order valence-corrected chi connectivity index (χ4v) is 5.43. The molecular formula is C22H24ClN3O5S. The van der Waals surface area contributed by atoms with Crippen LogP contribution < -0.4 is 19.7 Å². The molecule has 2 amide bonds. The highest BCUT2D eigenvalue weighted by atomic mass is 35.5. The number of carbonyl (C=O) groups excluding carboxylic acids is 2. The van der Waals surface area contributed by atoms with Gasteiger partial charge in [0.1, 0.15) is 12.3 Å². The molecule has 32 heavy (non-hydrogen) atoms. The summed E-state index contributed by atoms with van der Waals surface area (Å²) in [5.74, 6) is -0.529. The molecule has 1 heterocycles. The second kappa shape index (κ2) is 9.09. The quantitative estimate of drug-likeness (QED) is 0.664. The molecule has 0 bridgehead atoms. The molecule has 0 unspecified atom stereocenters. The van der Waals surface area contributed by atoms with Gasteiger partial charge in [0.25, 0.3) is 5.91 Å². The molecule has 1 saturated carbocycles. The van der Waals surface area contributed by atoms with Crippen LogP contribution in [0.15, 0.2) is 41.3 Å². The average Bonchev–Trinajstić information content (AvgIpc) is 3.25. The van der Waals surface area contributed by atoms with Crippen molar-refractivity contribution in [2.45, 2.75) is 43.5 Å². The lowest BCUT2D eigenvalue weighted by Gasteiger charge is -2.29. The highest BCUT2D eigenvalue weighted by Crippen LogP contribution is 2.34. The molecule has 2 aliphatic rings. The van der Waals surface area contributed by atoms with Crippen LogP contribution in [0.2, 0.25) is 5.02 Å². The fourth-order valence-electron chi connectivity index (χ4n) is 3.93. The summed E-state index contributed by atoms with van der Waals surface area (Å²) in [5, 5.41) is 3.27. The molecule has 1 aliphatic carbocycles. The third-order valence-electron chi connectivity index (χ3n) is 5.70. The molecule has 0 aromatic heterocycles. The SMILES string of the molecule is Cc1c(Cl)cccc1NC(=O)CN1C(=O)COc2ccc(S(=O)(=O)NC3CCCC3)cc21. The summed E-state index contributed by atoms with van der Waals surface area (Å²) in [5.41, 5.74) is 1.50. The normalized spacial score (nSPS) is 16.6. The van der Waals surface area contributed by atoms with Crippen LogP contribution in [0.5, 0.6) is 5.75 Å². The molecule has 170 valence electrons. The van der Waals surface area contributed by atoms with Crippen molar-refractivity contribution in [2.24, 2.45) is 0 Å². The van der Waals surface area contributed by atoms with Crippen molar-refractivity contribution < 1.29 is 22.7 Å². The van der Waals surface area contributed by atoms with Crippen molar-refractivity contribution in [3.63, 3.8) is 0 Å². The highest BCUT2D eigenvalue weighted by molar-refractivity contribution is 7.89. The van der Waals surface area contributed by atoms with Gasteiger partial charge in [-0.25, -0.2) is 13.1 Å². The standard InChI is InChI=1S/C22H24ClN3O5S/c1-14-17(23)7-4-8-18(14)24-21(27)12-26-19-11-16(9-10-20(19)31-13-22(26)28)32(29,30)25-15-5-2-3-6-15/h4,7-11,15,25H,2-3,5-6,12-13H2,1H3,(H,24,27). The van der Waals surface area contributed by atoms with E-state index in [-0.39, 0.29) is 29.8 Å². The highest BCUT2D eigenvalue weighted by Gasteiger charge is 2.30. The molecule has 0 radical (unpaired) electrons. The maximum absolute atomic E-state index is 12.8. The third kappa shape index (κ3) is 4.74. The number of hydrogen-bond acceptors (Lipinski definition) is 5. The zero-order chi connectivity index (χ0) is 22.9. The van der Waals surface area contributed by atoms with E-state index in [1.807, 2.05) is 0 Å². The molecule has 2 N–H and O–H groups in total. The fraction of sp³-hybridized carbons (Fsp3) is 0.364. The van der Waals surface area contributed by atoms with Gasteiger partial charge in [0.05, 0.1) is 10.6 Å². The van der Waals surface area contributed by atoms with E-state index in [1.54, 1.807) is 25.1 Å². The monoisotopic (exact) mass is 477 g/mol. The zero-order valence-corrected chi connectivity index (χ0v) is 19.1. The van der Waals surface area contributed by atoms with E-state index in [2.05, 4.69) is 10.0 Å². The van der Waals surface area contributed by atoms with E-state index in [9.17, 15) is 18.0 Å². The van der Waals surface area contributed by atoms with Crippen molar-refractivity contribution >= 4 is 44.8 Å². The van der Waals surface area contributed by atoms with Crippen molar-refractivity contribution in [1.82, 2.24) is 4.72 Å². The Hall–Kier alpha value is -2.62. The van der Waals surface area contributed by atoms with E-state index < -0.39 is 21.8 Å². The molecule has 4 rings (SSSR count). The van der Waals surface area contributed by atoms with E-state index in [4.69, 9.17) is 16.3 Å². The van der Waals surface area contributed by atoms with Crippen molar-refractivity contribution in [1.29, 1.82) is 0 Å². The van der Waals surface area contributed by atoms with Gasteiger partial charge in [0.15, 0.2) is 6.61 Å². The number of benzene rings is 2. The van der Waals surface area contributed by atoms with Gasteiger partial charge in [-0.3, -0.25) is 14.5 Å². The van der Waals surface area contributed by atoms with E-state index in [0.717, 1.165) is 25.7 Å². The average molecular weight is 478 g/mol. The predicted octanol–water partition coefficient (Wildman–Crippen LogP) is 3.23. The first kappa shape index (κ1) is 22.6. The summed E-state index contributed by atoms with van der Waals surface area (Å²) in [4.78, 5) is 26.5. The molecule has 0 spiro atoms. The molecule has 1 aliphatic heterocycles. The minimum atomic E-state index is -3.76. The second-order valence-electron chi connectivity index (χ2n) is 7.96. The molecular weight excluding hydrogens is 454 g/mol. The number of halogens is 1. The van der Waals surface area contributed by atoms with Gasteiger partial charge < -0.3 is 10.1 Å². The first-order valence-corrected chi connectivity index (χ1v) is 12.3. The van der Waals surface area contributed by atoms with Crippen molar-refractivity contribution in [3.8, 4) is 5.75 Å². The van der Waals surface area contributed by atoms with Crippen LogP contribution in [0, 0.1) is 6.92 Å². The van der Waals surface area contributed by atoms with Gasteiger partial charge in [-0.2, -0.15) is 0 Å². The smallest absolute Gasteiger partial charge is 0.265 e. The number of anilines is 2. The van der Waals surface area contributed by atoms with Crippen LogP contribution in [0.4, 0.5) is 11.4 Å². The Morgan fingerprint density at radius 2 is 1.97 bits per heavy atom. The third-order valence-corrected chi connectivity index (χ3v) is 7.63. The van der Waals surface area contributed by atoms with Crippen LogP contribution in [0.3, 0.4) is 0 Å². The Bertz CT molecular complexity index is 1160. The molecule has 10 heteroatoms. The number of carbonyl (C=O) groups is 2. The summed E-state index contributed by atoms with van der Waals surface area (Å²) in [7, 11) is -3.76. The summed E-state index contributed by atoms with van der Waals surface area (Å²) >= 11 is 6.10. The lowest BCUT2D eigenvalue weighted by molar-refractivity contribution is -0.123. The number of sulfonamides is 1. The van der Waals surface area contributed by atoms with E-state index in [1.165, 1.54) is 23.1 Å². The number of hydrogen-bond donors (Lipinski definition) is 2. The maximum Gasteiger partial charge on any atom is 0.265 e. The number of fused-ring (bicyclic) bond motifs is 1. The van der Waals surface area contributed by atoms with Crippen LogP contribution in [-0.4, -0.2) is 39.4 Å². The number of nitrogens with one attached hydrogen (secondary N) is 2. The van der Waals surface area contributed by atoms with Gasteiger partial charge in [-0.1, -0.05) is 30.5 Å². The van der Waals surface area contributed by atoms with Gasteiger partial charge in [-0.05, 0) is 55.7 Å². The number of ether oxygens (including phenoxy) is 1. The maximum atomic E-state index is 12.8. The van der Waals surface area contributed by atoms with Crippen molar-refractivity contribution in [3.05, 3.63) is 47.0 Å². The Balaban J connectivity index is 1.56. The largest absolute Gasteiger partial charge is 0.482 e. The number of rotatable bonds is 6. The van der Waals surface area contributed by atoms with Gasteiger partial charge in [-0.15, -0.1) is 0 Å². The van der Waals surface area contributed by atoms with Gasteiger partial charge in [0, 0.05) is 16.8 Å².